The molecule has 0 aliphatic heterocycles. The molecule has 0 saturated heterocycles. The molecule has 0 amide bonds. The Kier molecular flexibility index (Phi) is 5.03. The lowest BCUT2D eigenvalue weighted by atomic mass is 9.77. The van der Waals surface area contributed by atoms with Gasteiger partial charge in [-0.3, -0.25) is 4.68 Å². The smallest absolute Gasteiger partial charge is 0.0625 e. The first-order valence-electron chi connectivity index (χ1n) is 8.01. The minimum Gasteiger partial charge on any atom is -0.322 e. The Labute approximate surface area is 117 Å². The fourth-order valence-electron chi connectivity index (χ4n) is 3.38. The van der Waals surface area contributed by atoms with Crippen LogP contribution in [0, 0.1) is 11.8 Å². The van der Waals surface area contributed by atoms with Crippen molar-refractivity contribution in [2.45, 2.75) is 71.9 Å². The van der Waals surface area contributed by atoms with Crippen molar-refractivity contribution < 1.29 is 0 Å². The molecule has 0 radical (unpaired) electrons. The van der Waals surface area contributed by atoms with Crippen LogP contribution in [0.3, 0.4) is 0 Å². The molecule has 1 heterocycles. The van der Waals surface area contributed by atoms with E-state index in [4.69, 9.17) is 5.73 Å². The first-order valence-corrected chi connectivity index (χ1v) is 8.01. The van der Waals surface area contributed by atoms with Crippen molar-refractivity contribution in [1.29, 1.82) is 0 Å². The van der Waals surface area contributed by atoms with Crippen molar-refractivity contribution in [3.63, 3.8) is 0 Å². The third-order valence-corrected chi connectivity index (χ3v) is 4.84. The minimum atomic E-state index is 0.172. The van der Waals surface area contributed by atoms with Crippen LogP contribution < -0.4 is 5.73 Å². The maximum Gasteiger partial charge on any atom is 0.0625 e. The molecule has 3 nitrogen and oxygen atoms in total. The van der Waals surface area contributed by atoms with Gasteiger partial charge in [-0.1, -0.05) is 33.1 Å². The molecule has 2 N–H and O–H groups in total. The molecule has 3 heteroatoms. The number of hydrogen-bond acceptors (Lipinski definition) is 2. The lowest BCUT2D eigenvalue weighted by molar-refractivity contribution is 0.235. The van der Waals surface area contributed by atoms with Gasteiger partial charge in [0.15, 0.2) is 0 Å². The lowest BCUT2D eigenvalue weighted by Crippen LogP contribution is -2.28. The van der Waals surface area contributed by atoms with Gasteiger partial charge in [0, 0.05) is 12.6 Å². The summed E-state index contributed by atoms with van der Waals surface area (Å²) in [5.74, 6) is 1.58. The van der Waals surface area contributed by atoms with Crippen molar-refractivity contribution in [3.8, 4) is 0 Å². The third-order valence-electron chi connectivity index (χ3n) is 4.84. The van der Waals surface area contributed by atoms with Crippen molar-refractivity contribution in [2.75, 3.05) is 0 Å². The van der Waals surface area contributed by atoms with E-state index in [1.807, 2.05) is 0 Å². The highest BCUT2D eigenvalue weighted by atomic mass is 15.3. The minimum absolute atomic E-state index is 0.172. The zero-order chi connectivity index (χ0) is 13.8. The highest BCUT2D eigenvalue weighted by Gasteiger charge is 2.27. The average Bonchev–Trinajstić information content (AvgIpc) is 2.90. The van der Waals surface area contributed by atoms with Crippen LogP contribution >= 0.6 is 0 Å². The van der Waals surface area contributed by atoms with Gasteiger partial charge in [-0.05, 0) is 44.1 Å². The molecule has 108 valence electrons. The number of hydrogen-bond donors (Lipinski definition) is 1. The molecule has 0 spiro atoms. The summed E-state index contributed by atoms with van der Waals surface area (Å²) in [6, 6.07) is 2.39. The van der Waals surface area contributed by atoms with E-state index in [0.717, 1.165) is 18.9 Å². The fourth-order valence-corrected chi connectivity index (χ4v) is 3.38. The quantitative estimate of drug-likeness (QED) is 0.880. The van der Waals surface area contributed by atoms with Gasteiger partial charge in [0.25, 0.3) is 0 Å². The summed E-state index contributed by atoms with van der Waals surface area (Å²) in [5.41, 5.74) is 8.97. The van der Waals surface area contributed by atoms with Crippen LogP contribution in [0.25, 0.3) is 0 Å². The Bertz CT molecular complexity index is 389. The fraction of sp³-hybridized carbons (Fsp3) is 0.812. The Morgan fingerprint density at radius 1 is 1.26 bits per heavy atom. The van der Waals surface area contributed by atoms with Gasteiger partial charge in [-0.15, -0.1) is 0 Å². The molecule has 1 fully saturated rings. The molecular weight excluding hydrogens is 234 g/mol. The lowest BCUT2D eigenvalue weighted by Gasteiger charge is -2.31. The van der Waals surface area contributed by atoms with E-state index >= 15 is 0 Å². The number of nitrogens with two attached hydrogens (primary N) is 1. The highest BCUT2D eigenvalue weighted by molar-refractivity contribution is 5.15. The Morgan fingerprint density at radius 3 is 2.47 bits per heavy atom. The second-order valence-electron chi connectivity index (χ2n) is 5.94. The molecule has 2 rings (SSSR count). The van der Waals surface area contributed by atoms with E-state index in [2.05, 4.69) is 36.6 Å². The van der Waals surface area contributed by atoms with Crippen LogP contribution in [0.2, 0.25) is 0 Å². The molecule has 19 heavy (non-hydrogen) atoms. The summed E-state index contributed by atoms with van der Waals surface area (Å²) >= 11 is 0. The van der Waals surface area contributed by atoms with Crippen LogP contribution in [0.5, 0.6) is 0 Å². The van der Waals surface area contributed by atoms with Crippen LogP contribution in [-0.4, -0.2) is 9.78 Å². The van der Waals surface area contributed by atoms with Gasteiger partial charge in [0.2, 0.25) is 0 Å². The van der Waals surface area contributed by atoms with Gasteiger partial charge in [-0.25, -0.2) is 0 Å². The first-order chi connectivity index (χ1) is 9.19. The summed E-state index contributed by atoms with van der Waals surface area (Å²) < 4.78 is 2.11. The Balaban J connectivity index is 2.07. The molecule has 1 atom stereocenters. The second-order valence-corrected chi connectivity index (χ2v) is 5.94. The molecule has 1 aromatic rings. The SMILES string of the molecule is CCc1cc(C(N)C2CCC(CC)CC2)n(CC)n1. The van der Waals surface area contributed by atoms with E-state index in [9.17, 15) is 0 Å². The summed E-state index contributed by atoms with van der Waals surface area (Å²) in [6.45, 7) is 7.54. The van der Waals surface area contributed by atoms with Gasteiger partial charge >= 0.3 is 0 Å². The maximum atomic E-state index is 6.54. The summed E-state index contributed by atoms with van der Waals surface area (Å²) in [4.78, 5) is 0. The Morgan fingerprint density at radius 2 is 1.95 bits per heavy atom. The summed E-state index contributed by atoms with van der Waals surface area (Å²) in [6.07, 6.45) is 7.61. The normalized spacial score (nSPS) is 25.5. The van der Waals surface area contributed by atoms with Crippen molar-refractivity contribution in [3.05, 3.63) is 17.5 Å². The maximum absolute atomic E-state index is 6.54. The van der Waals surface area contributed by atoms with Gasteiger partial charge < -0.3 is 5.73 Å². The van der Waals surface area contributed by atoms with Gasteiger partial charge in [-0.2, -0.15) is 5.10 Å². The van der Waals surface area contributed by atoms with Crippen LogP contribution in [0.4, 0.5) is 0 Å². The molecule has 1 aliphatic carbocycles. The standard InChI is InChI=1S/C16H29N3/c1-4-12-7-9-13(10-8-12)16(17)15-11-14(5-2)18-19(15)6-3/h11-13,16H,4-10,17H2,1-3H3. The highest BCUT2D eigenvalue weighted by Crippen LogP contribution is 2.36. The third kappa shape index (κ3) is 3.19. The number of aromatic nitrogens is 2. The molecule has 1 unspecified atom stereocenters. The van der Waals surface area contributed by atoms with E-state index in [-0.39, 0.29) is 6.04 Å². The zero-order valence-electron chi connectivity index (χ0n) is 12.7. The molecule has 0 aromatic carbocycles. The van der Waals surface area contributed by atoms with Crippen molar-refractivity contribution in [1.82, 2.24) is 9.78 Å². The zero-order valence-corrected chi connectivity index (χ0v) is 12.7. The molecular formula is C16H29N3. The van der Waals surface area contributed by atoms with Gasteiger partial charge in [0.1, 0.15) is 0 Å². The van der Waals surface area contributed by atoms with Crippen molar-refractivity contribution >= 4 is 0 Å². The second kappa shape index (κ2) is 6.56. The van der Waals surface area contributed by atoms with E-state index in [0.29, 0.717) is 5.92 Å². The van der Waals surface area contributed by atoms with E-state index in [1.54, 1.807) is 0 Å². The Hall–Kier alpha value is -0.830. The topological polar surface area (TPSA) is 43.8 Å². The van der Waals surface area contributed by atoms with Gasteiger partial charge in [0.05, 0.1) is 11.4 Å². The molecule has 0 bridgehead atoms. The summed E-state index contributed by atoms with van der Waals surface area (Å²) in [7, 11) is 0. The van der Waals surface area contributed by atoms with Crippen LogP contribution in [0.15, 0.2) is 6.07 Å². The molecule has 1 saturated carbocycles. The van der Waals surface area contributed by atoms with Crippen LogP contribution in [0.1, 0.15) is 70.3 Å². The number of nitrogens with zero attached hydrogens (tertiary/aromatic N) is 2. The molecule has 1 aliphatic rings. The van der Waals surface area contributed by atoms with E-state index < -0.39 is 0 Å². The van der Waals surface area contributed by atoms with Crippen molar-refractivity contribution in [2.24, 2.45) is 17.6 Å². The van der Waals surface area contributed by atoms with E-state index in [1.165, 1.54) is 43.5 Å². The van der Waals surface area contributed by atoms with Crippen LogP contribution in [-0.2, 0) is 13.0 Å². The predicted octanol–water partition coefficient (Wildman–Crippen LogP) is 3.68. The number of rotatable bonds is 5. The monoisotopic (exact) mass is 263 g/mol. The average molecular weight is 263 g/mol. The predicted molar refractivity (Wildman–Crippen MR) is 79.9 cm³/mol. The summed E-state index contributed by atoms with van der Waals surface area (Å²) in [5, 5.41) is 4.63. The number of aryl methyl sites for hydroxylation is 2. The molecule has 1 aromatic heterocycles. The largest absolute Gasteiger partial charge is 0.322 e. The first kappa shape index (κ1) is 14.6.